The lowest BCUT2D eigenvalue weighted by molar-refractivity contribution is -0.114. The Morgan fingerprint density at radius 1 is 1.28 bits per heavy atom. The number of carboxylic acid groups (broad SMARTS) is 1. The molecule has 7 heteroatoms. The number of nitrogens with one attached hydrogen (secondary N) is 1. The SMILES string of the molecule is CC(=O)Nc1ccc(-n2cnc(C(=O)O)n2)cc1. The molecule has 1 amide bonds. The molecule has 1 aromatic carbocycles. The first-order valence-electron chi connectivity index (χ1n) is 5.09. The number of rotatable bonds is 3. The second-order valence-electron chi connectivity index (χ2n) is 3.55. The summed E-state index contributed by atoms with van der Waals surface area (Å²) in [6, 6.07) is 6.79. The molecule has 0 atom stereocenters. The van der Waals surface area contributed by atoms with Crippen LogP contribution in [0.1, 0.15) is 17.5 Å². The average molecular weight is 246 g/mol. The Morgan fingerprint density at radius 3 is 2.44 bits per heavy atom. The summed E-state index contributed by atoms with van der Waals surface area (Å²) in [5.74, 6) is -1.60. The third kappa shape index (κ3) is 2.51. The molecule has 2 rings (SSSR count). The smallest absolute Gasteiger partial charge is 0.375 e. The summed E-state index contributed by atoms with van der Waals surface area (Å²) in [6.07, 6.45) is 1.32. The molecule has 0 aliphatic rings. The molecule has 1 heterocycles. The lowest BCUT2D eigenvalue weighted by Gasteiger charge is -2.03. The standard InChI is InChI=1S/C11H10N4O3/c1-7(16)13-8-2-4-9(5-3-8)15-6-12-10(14-15)11(17)18/h2-6H,1H3,(H,13,16)(H,17,18). The van der Waals surface area contributed by atoms with E-state index < -0.39 is 5.97 Å². The molecule has 2 N–H and O–H groups in total. The molecule has 0 fully saturated rings. The van der Waals surface area contributed by atoms with Crippen LogP contribution >= 0.6 is 0 Å². The highest BCUT2D eigenvalue weighted by atomic mass is 16.4. The normalized spacial score (nSPS) is 10.1. The zero-order valence-corrected chi connectivity index (χ0v) is 9.49. The van der Waals surface area contributed by atoms with E-state index in [-0.39, 0.29) is 11.7 Å². The molecule has 18 heavy (non-hydrogen) atoms. The van der Waals surface area contributed by atoms with Crippen LogP contribution in [0.4, 0.5) is 5.69 Å². The van der Waals surface area contributed by atoms with Gasteiger partial charge >= 0.3 is 5.97 Å². The third-order valence-electron chi connectivity index (χ3n) is 2.14. The van der Waals surface area contributed by atoms with E-state index in [2.05, 4.69) is 15.4 Å². The molecule has 1 aromatic heterocycles. The van der Waals surface area contributed by atoms with Gasteiger partial charge < -0.3 is 10.4 Å². The Balaban J connectivity index is 2.22. The quantitative estimate of drug-likeness (QED) is 0.839. The van der Waals surface area contributed by atoms with E-state index in [0.29, 0.717) is 11.4 Å². The minimum absolute atomic E-state index is 0.156. The van der Waals surface area contributed by atoms with Crippen molar-refractivity contribution in [2.75, 3.05) is 5.32 Å². The Bertz CT molecular complexity index is 589. The number of amides is 1. The molecule has 0 spiro atoms. The van der Waals surface area contributed by atoms with Gasteiger partial charge in [-0.2, -0.15) is 0 Å². The van der Waals surface area contributed by atoms with Crippen LogP contribution in [-0.2, 0) is 4.79 Å². The maximum absolute atomic E-state index is 10.8. The van der Waals surface area contributed by atoms with Gasteiger partial charge in [0, 0.05) is 12.6 Å². The summed E-state index contributed by atoms with van der Waals surface area (Å²) in [6.45, 7) is 1.42. The average Bonchev–Trinajstić information content (AvgIpc) is 2.78. The molecular formula is C11H10N4O3. The number of benzene rings is 1. The van der Waals surface area contributed by atoms with Crippen LogP contribution < -0.4 is 5.32 Å². The second kappa shape index (κ2) is 4.66. The fourth-order valence-electron chi connectivity index (χ4n) is 1.39. The summed E-state index contributed by atoms with van der Waals surface area (Å²) in [5, 5.41) is 15.1. The van der Waals surface area contributed by atoms with Gasteiger partial charge in [0.1, 0.15) is 6.33 Å². The van der Waals surface area contributed by atoms with Crippen LogP contribution in [-0.4, -0.2) is 31.7 Å². The highest BCUT2D eigenvalue weighted by molar-refractivity contribution is 5.88. The predicted molar refractivity (Wildman–Crippen MR) is 62.6 cm³/mol. The van der Waals surface area contributed by atoms with Gasteiger partial charge in [-0.3, -0.25) is 4.79 Å². The third-order valence-corrected chi connectivity index (χ3v) is 2.14. The number of anilines is 1. The maximum atomic E-state index is 10.8. The van der Waals surface area contributed by atoms with Gasteiger partial charge in [0.2, 0.25) is 5.91 Å². The fourth-order valence-corrected chi connectivity index (χ4v) is 1.39. The molecule has 0 bridgehead atoms. The van der Waals surface area contributed by atoms with Crippen molar-refractivity contribution < 1.29 is 14.7 Å². The number of aromatic carboxylic acids is 1. The minimum atomic E-state index is -1.18. The van der Waals surface area contributed by atoms with E-state index in [0.717, 1.165) is 0 Å². The van der Waals surface area contributed by atoms with Crippen molar-refractivity contribution in [2.24, 2.45) is 0 Å². The monoisotopic (exact) mass is 246 g/mol. The number of aromatic nitrogens is 3. The van der Waals surface area contributed by atoms with Crippen LogP contribution in [0.5, 0.6) is 0 Å². The van der Waals surface area contributed by atoms with E-state index in [9.17, 15) is 9.59 Å². The Kier molecular flexibility index (Phi) is 3.05. The molecule has 0 radical (unpaired) electrons. The molecule has 0 saturated heterocycles. The molecule has 7 nitrogen and oxygen atoms in total. The van der Waals surface area contributed by atoms with Gasteiger partial charge in [0.25, 0.3) is 5.82 Å². The largest absolute Gasteiger partial charge is 0.475 e. The number of hydrogen-bond acceptors (Lipinski definition) is 4. The summed E-state index contributed by atoms with van der Waals surface area (Å²) >= 11 is 0. The molecule has 2 aromatic rings. The second-order valence-corrected chi connectivity index (χ2v) is 3.55. The van der Waals surface area contributed by atoms with Crippen LogP contribution in [0, 0.1) is 0 Å². The lowest BCUT2D eigenvalue weighted by atomic mass is 10.3. The van der Waals surface area contributed by atoms with Gasteiger partial charge in [-0.1, -0.05) is 0 Å². The summed E-state index contributed by atoms with van der Waals surface area (Å²) < 4.78 is 1.35. The molecule has 92 valence electrons. The van der Waals surface area contributed by atoms with Crippen LogP contribution in [0.2, 0.25) is 0 Å². The number of carbonyl (C=O) groups is 2. The first-order chi connectivity index (χ1) is 8.56. The van der Waals surface area contributed by atoms with Gasteiger partial charge in [-0.25, -0.2) is 14.5 Å². The summed E-state index contributed by atoms with van der Waals surface area (Å²) in [7, 11) is 0. The van der Waals surface area contributed by atoms with Crippen molar-refractivity contribution in [2.45, 2.75) is 6.92 Å². The topological polar surface area (TPSA) is 97.1 Å². The van der Waals surface area contributed by atoms with Crippen LogP contribution in [0.25, 0.3) is 5.69 Å². The first-order valence-corrected chi connectivity index (χ1v) is 5.09. The highest BCUT2D eigenvalue weighted by Crippen LogP contribution is 2.12. The highest BCUT2D eigenvalue weighted by Gasteiger charge is 2.09. The molecular weight excluding hydrogens is 236 g/mol. The van der Waals surface area contributed by atoms with E-state index in [1.807, 2.05) is 0 Å². The molecule has 0 unspecified atom stereocenters. The Morgan fingerprint density at radius 2 is 1.94 bits per heavy atom. The van der Waals surface area contributed by atoms with E-state index in [1.54, 1.807) is 24.3 Å². The van der Waals surface area contributed by atoms with Crippen molar-refractivity contribution in [1.82, 2.24) is 14.8 Å². The van der Waals surface area contributed by atoms with Crippen molar-refractivity contribution in [3.05, 3.63) is 36.4 Å². The number of carbonyl (C=O) groups excluding carboxylic acids is 1. The van der Waals surface area contributed by atoms with E-state index in [4.69, 9.17) is 5.11 Å². The molecule has 0 aliphatic carbocycles. The number of hydrogen-bond donors (Lipinski definition) is 2. The summed E-state index contributed by atoms with van der Waals surface area (Å²) in [5.41, 5.74) is 1.31. The van der Waals surface area contributed by atoms with Crippen LogP contribution in [0.15, 0.2) is 30.6 Å². The van der Waals surface area contributed by atoms with Crippen LogP contribution in [0.3, 0.4) is 0 Å². The van der Waals surface area contributed by atoms with Gasteiger partial charge in [-0.05, 0) is 24.3 Å². The molecule has 0 aliphatic heterocycles. The van der Waals surface area contributed by atoms with Crippen molar-refractivity contribution in [3.8, 4) is 5.69 Å². The van der Waals surface area contributed by atoms with Crippen molar-refractivity contribution >= 4 is 17.6 Å². The van der Waals surface area contributed by atoms with E-state index in [1.165, 1.54) is 17.9 Å². The van der Waals surface area contributed by atoms with Crippen molar-refractivity contribution in [3.63, 3.8) is 0 Å². The zero-order chi connectivity index (χ0) is 13.1. The van der Waals surface area contributed by atoms with E-state index >= 15 is 0 Å². The van der Waals surface area contributed by atoms with Gasteiger partial charge in [-0.15, -0.1) is 5.10 Å². The zero-order valence-electron chi connectivity index (χ0n) is 9.49. The molecule has 0 saturated carbocycles. The minimum Gasteiger partial charge on any atom is -0.475 e. The number of carboxylic acids is 1. The maximum Gasteiger partial charge on any atom is 0.375 e. The fraction of sp³-hybridized carbons (Fsp3) is 0.0909. The number of nitrogens with zero attached hydrogens (tertiary/aromatic N) is 3. The van der Waals surface area contributed by atoms with Gasteiger partial charge in [0.15, 0.2) is 0 Å². The van der Waals surface area contributed by atoms with Gasteiger partial charge in [0.05, 0.1) is 5.69 Å². The Hall–Kier alpha value is -2.70. The Labute approximate surface area is 102 Å². The predicted octanol–water partition coefficient (Wildman–Crippen LogP) is 0.924. The summed E-state index contributed by atoms with van der Waals surface area (Å²) in [4.78, 5) is 25.1. The first kappa shape index (κ1) is 11.8. The van der Waals surface area contributed by atoms with Crippen molar-refractivity contribution in [1.29, 1.82) is 0 Å². The lowest BCUT2D eigenvalue weighted by Crippen LogP contribution is -2.06.